The SMILES string of the molecule is O=C1OC(=O)C2C1C1CCC2C2(C1)C(=O)OC2=O. The van der Waals surface area contributed by atoms with Gasteiger partial charge in [-0.15, -0.1) is 0 Å². The summed E-state index contributed by atoms with van der Waals surface area (Å²) in [6, 6.07) is 0. The maximum atomic E-state index is 11.7. The van der Waals surface area contributed by atoms with E-state index in [1.807, 2.05) is 0 Å². The van der Waals surface area contributed by atoms with E-state index in [1.54, 1.807) is 0 Å². The Kier molecular flexibility index (Phi) is 1.60. The quantitative estimate of drug-likeness (QED) is 0.437. The fourth-order valence-corrected chi connectivity index (χ4v) is 4.30. The molecule has 4 atom stereocenters. The third-order valence-corrected chi connectivity index (χ3v) is 5.05. The van der Waals surface area contributed by atoms with E-state index >= 15 is 0 Å². The average Bonchev–Trinajstić information content (AvgIpc) is 2.68. The standard InChI is InChI=1S/C12H10O6/c13-8-6-4-1-2-5(7(6)9(14)17-8)12(3-4)10(15)18-11(12)16/h4-7H,1-3H2. The number of hydrogen-bond donors (Lipinski definition) is 0. The molecule has 2 saturated heterocycles. The van der Waals surface area contributed by atoms with Gasteiger partial charge in [0.05, 0.1) is 11.8 Å². The van der Waals surface area contributed by atoms with Crippen LogP contribution in [0.25, 0.3) is 0 Å². The predicted octanol–water partition coefficient (Wildman–Crippen LogP) is -0.198. The van der Waals surface area contributed by atoms with Gasteiger partial charge in [-0.3, -0.25) is 19.2 Å². The van der Waals surface area contributed by atoms with Crippen LogP contribution in [0, 0.1) is 29.1 Å². The van der Waals surface area contributed by atoms with Crippen LogP contribution in [0.5, 0.6) is 0 Å². The molecule has 1 spiro atoms. The normalized spacial score (nSPS) is 43.6. The molecule has 0 N–H and O–H groups in total. The molecule has 18 heavy (non-hydrogen) atoms. The molecule has 6 nitrogen and oxygen atoms in total. The van der Waals surface area contributed by atoms with Crippen molar-refractivity contribution in [3.8, 4) is 0 Å². The predicted molar refractivity (Wildman–Crippen MR) is 52.4 cm³/mol. The van der Waals surface area contributed by atoms with Gasteiger partial charge in [0.25, 0.3) is 0 Å². The summed E-state index contributed by atoms with van der Waals surface area (Å²) in [4.78, 5) is 46.8. The number of cyclic esters (lactones) is 4. The number of hydrogen-bond acceptors (Lipinski definition) is 6. The second-order valence-corrected chi connectivity index (χ2v) is 5.59. The highest BCUT2D eigenvalue weighted by atomic mass is 16.6. The van der Waals surface area contributed by atoms with Crippen LogP contribution in [0.2, 0.25) is 0 Å². The first-order valence-electron chi connectivity index (χ1n) is 6.08. The van der Waals surface area contributed by atoms with Crippen molar-refractivity contribution in [1.82, 2.24) is 0 Å². The first-order chi connectivity index (χ1) is 8.55. The van der Waals surface area contributed by atoms with Crippen LogP contribution in [0.4, 0.5) is 0 Å². The fourth-order valence-electron chi connectivity index (χ4n) is 4.30. The molecule has 2 aliphatic heterocycles. The Labute approximate surface area is 102 Å². The Bertz CT molecular complexity index is 507. The molecule has 5 aliphatic rings. The minimum absolute atomic E-state index is 0.115. The topological polar surface area (TPSA) is 86.7 Å². The Morgan fingerprint density at radius 2 is 1.56 bits per heavy atom. The van der Waals surface area contributed by atoms with Gasteiger partial charge in [-0.2, -0.15) is 0 Å². The highest BCUT2D eigenvalue weighted by molar-refractivity contribution is 6.15. The molecule has 5 rings (SSSR count). The summed E-state index contributed by atoms with van der Waals surface area (Å²) in [6.45, 7) is 0. The highest BCUT2D eigenvalue weighted by Crippen LogP contribution is 2.63. The van der Waals surface area contributed by atoms with Crippen molar-refractivity contribution in [2.24, 2.45) is 29.1 Å². The van der Waals surface area contributed by atoms with Gasteiger partial charge in [0.2, 0.25) is 0 Å². The lowest BCUT2D eigenvalue weighted by Gasteiger charge is -2.54. The molecular formula is C12H10O6. The molecule has 0 amide bonds. The largest absolute Gasteiger partial charge is 0.393 e. The summed E-state index contributed by atoms with van der Waals surface area (Å²) >= 11 is 0. The van der Waals surface area contributed by atoms with Gasteiger partial charge in [0, 0.05) is 0 Å². The lowest BCUT2D eigenvalue weighted by molar-refractivity contribution is -0.218. The maximum Gasteiger partial charge on any atom is 0.331 e. The van der Waals surface area contributed by atoms with Gasteiger partial charge >= 0.3 is 23.9 Å². The second-order valence-electron chi connectivity index (χ2n) is 5.59. The molecule has 0 aromatic heterocycles. The van der Waals surface area contributed by atoms with Crippen molar-refractivity contribution in [2.75, 3.05) is 0 Å². The molecule has 2 bridgehead atoms. The molecule has 94 valence electrons. The number of rotatable bonds is 0. The number of esters is 4. The summed E-state index contributed by atoms with van der Waals surface area (Å²) in [6.07, 6.45) is 1.70. The second kappa shape index (κ2) is 2.81. The summed E-state index contributed by atoms with van der Waals surface area (Å²) in [7, 11) is 0. The van der Waals surface area contributed by atoms with Crippen molar-refractivity contribution in [3.05, 3.63) is 0 Å². The third kappa shape index (κ3) is 0.855. The third-order valence-electron chi connectivity index (χ3n) is 5.05. The van der Waals surface area contributed by atoms with Gasteiger partial charge in [0.1, 0.15) is 0 Å². The molecule has 6 heteroatoms. The van der Waals surface area contributed by atoms with Gasteiger partial charge in [-0.05, 0) is 31.1 Å². The zero-order valence-electron chi connectivity index (χ0n) is 9.38. The molecule has 3 aliphatic carbocycles. The van der Waals surface area contributed by atoms with Gasteiger partial charge < -0.3 is 9.47 Å². The monoisotopic (exact) mass is 250 g/mol. The van der Waals surface area contributed by atoms with Crippen LogP contribution in [0.15, 0.2) is 0 Å². The van der Waals surface area contributed by atoms with Crippen LogP contribution in [-0.2, 0) is 28.7 Å². The zero-order valence-corrected chi connectivity index (χ0v) is 9.38. The first-order valence-corrected chi connectivity index (χ1v) is 6.08. The smallest absolute Gasteiger partial charge is 0.331 e. The van der Waals surface area contributed by atoms with Crippen molar-refractivity contribution in [3.63, 3.8) is 0 Å². The summed E-state index contributed by atoms with van der Waals surface area (Å²) in [5.74, 6) is -3.75. The van der Waals surface area contributed by atoms with E-state index in [1.165, 1.54) is 0 Å². The number of fused-ring (bicyclic) bond motifs is 1. The minimum Gasteiger partial charge on any atom is -0.393 e. The molecule has 3 saturated carbocycles. The van der Waals surface area contributed by atoms with E-state index in [0.29, 0.717) is 12.8 Å². The van der Waals surface area contributed by atoms with Crippen molar-refractivity contribution in [2.45, 2.75) is 19.3 Å². The highest BCUT2D eigenvalue weighted by Gasteiger charge is 2.74. The molecule has 2 heterocycles. The van der Waals surface area contributed by atoms with Gasteiger partial charge in [-0.25, -0.2) is 0 Å². The molecule has 0 aromatic carbocycles. The van der Waals surface area contributed by atoms with Gasteiger partial charge in [-0.1, -0.05) is 0 Å². The molecule has 5 fully saturated rings. The fraction of sp³-hybridized carbons (Fsp3) is 0.667. The van der Waals surface area contributed by atoms with E-state index < -0.39 is 47.0 Å². The summed E-state index contributed by atoms with van der Waals surface area (Å²) in [5.41, 5.74) is -1.16. The van der Waals surface area contributed by atoms with Crippen LogP contribution < -0.4 is 0 Å². The van der Waals surface area contributed by atoms with Crippen LogP contribution in [-0.4, -0.2) is 23.9 Å². The minimum atomic E-state index is -1.16. The van der Waals surface area contributed by atoms with Crippen molar-refractivity contribution >= 4 is 23.9 Å². The van der Waals surface area contributed by atoms with Crippen molar-refractivity contribution in [1.29, 1.82) is 0 Å². The van der Waals surface area contributed by atoms with Crippen LogP contribution in [0.3, 0.4) is 0 Å². The van der Waals surface area contributed by atoms with E-state index in [4.69, 9.17) is 0 Å². The first kappa shape index (κ1) is 10.2. The van der Waals surface area contributed by atoms with Crippen LogP contribution in [0.1, 0.15) is 19.3 Å². The summed E-state index contributed by atoms with van der Waals surface area (Å²) < 4.78 is 9.16. The Morgan fingerprint density at radius 3 is 2.22 bits per heavy atom. The Hall–Kier alpha value is -1.72. The zero-order chi connectivity index (χ0) is 12.7. The van der Waals surface area contributed by atoms with Crippen molar-refractivity contribution < 1.29 is 28.7 Å². The molecule has 4 unspecified atom stereocenters. The van der Waals surface area contributed by atoms with Gasteiger partial charge in [0.15, 0.2) is 5.41 Å². The number of ether oxygens (including phenoxy) is 2. The number of carbonyl (C=O) groups excluding carboxylic acids is 4. The molecular weight excluding hydrogens is 240 g/mol. The molecule has 0 radical (unpaired) electrons. The molecule has 0 aromatic rings. The van der Waals surface area contributed by atoms with E-state index in [9.17, 15) is 19.2 Å². The number of carbonyl (C=O) groups is 4. The van der Waals surface area contributed by atoms with E-state index in [0.717, 1.165) is 6.42 Å². The Morgan fingerprint density at radius 1 is 0.889 bits per heavy atom. The lowest BCUT2D eigenvalue weighted by Crippen LogP contribution is -2.66. The van der Waals surface area contributed by atoms with Crippen LogP contribution >= 0.6 is 0 Å². The van der Waals surface area contributed by atoms with E-state index in [-0.39, 0.29) is 5.92 Å². The van der Waals surface area contributed by atoms with E-state index in [2.05, 4.69) is 9.47 Å². The maximum absolute atomic E-state index is 11.7. The average molecular weight is 250 g/mol. The summed E-state index contributed by atoms with van der Waals surface area (Å²) in [5, 5.41) is 0. The lowest BCUT2D eigenvalue weighted by atomic mass is 9.47. The Balaban J connectivity index is 1.83.